The van der Waals surface area contributed by atoms with Gasteiger partial charge in [-0.05, 0) is 46.2 Å². The summed E-state index contributed by atoms with van der Waals surface area (Å²) in [6.45, 7) is 6.45. The molecule has 2 atom stereocenters. The van der Waals surface area contributed by atoms with Crippen molar-refractivity contribution in [2.45, 2.75) is 51.3 Å². The molecule has 1 aromatic rings. The van der Waals surface area contributed by atoms with E-state index in [0.29, 0.717) is 0 Å². The average molecular weight is 306 g/mol. The van der Waals surface area contributed by atoms with Gasteiger partial charge in [-0.1, -0.05) is 18.2 Å². The Bertz CT molecular complexity index is 511. The highest BCUT2D eigenvalue weighted by atomic mass is 16.6. The van der Waals surface area contributed by atoms with Crippen molar-refractivity contribution in [3.05, 3.63) is 29.8 Å². The molecule has 0 aromatic heterocycles. The van der Waals surface area contributed by atoms with E-state index < -0.39 is 5.60 Å². The Kier molecular flexibility index (Phi) is 5.29. The van der Waals surface area contributed by atoms with Crippen LogP contribution in [0.3, 0.4) is 0 Å². The molecule has 122 valence electrons. The molecule has 0 saturated carbocycles. The van der Waals surface area contributed by atoms with E-state index in [4.69, 9.17) is 9.47 Å². The van der Waals surface area contributed by atoms with Gasteiger partial charge >= 0.3 is 6.09 Å². The van der Waals surface area contributed by atoms with E-state index in [2.05, 4.69) is 16.7 Å². The topological polar surface area (TPSA) is 59.6 Å². The number of carbonyl (C=O) groups is 1. The monoisotopic (exact) mass is 306 g/mol. The number of benzene rings is 1. The molecule has 22 heavy (non-hydrogen) atoms. The van der Waals surface area contributed by atoms with Crippen LogP contribution in [0.4, 0.5) is 4.79 Å². The van der Waals surface area contributed by atoms with Crippen LogP contribution in [0, 0.1) is 0 Å². The lowest BCUT2D eigenvalue weighted by molar-refractivity contribution is 0.0490. The Morgan fingerprint density at radius 3 is 2.73 bits per heavy atom. The zero-order valence-electron chi connectivity index (χ0n) is 13.8. The number of nitrogens with one attached hydrogen (secondary N) is 2. The smallest absolute Gasteiger partial charge is 0.407 e. The first-order valence-corrected chi connectivity index (χ1v) is 7.75. The van der Waals surface area contributed by atoms with E-state index in [0.717, 1.165) is 30.7 Å². The van der Waals surface area contributed by atoms with Crippen LogP contribution in [0.25, 0.3) is 0 Å². The van der Waals surface area contributed by atoms with Gasteiger partial charge in [0.2, 0.25) is 0 Å². The SMILES string of the molecule is COc1ccccc1[C@H]1C[C@@H](NC(=O)OC(C)(C)C)CCN1. The predicted octanol–water partition coefficient (Wildman–Crippen LogP) is 3.01. The summed E-state index contributed by atoms with van der Waals surface area (Å²) in [6.07, 6.45) is 1.36. The Labute approximate surface area is 132 Å². The molecule has 2 N–H and O–H groups in total. The number of carbonyl (C=O) groups excluding carboxylic acids is 1. The van der Waals surface area contributed by atoms with Crippen LogP contribution in [-0.4, -0.2) is 31.4 Å². The highest BCUT2D eigenvalue weighted by Crippen LogP contribution is 2.30. The van der Waals surface area contributed by atoms with Gasteiger partial charge in [-0.2, -0.15) is 0 Å². The molecule has 1 aliphatic rings. The molecule has 1 amide bonds. The van der Waals surface area contributed by atoms with Crippen LogP contribution in [0.1, 0.15) is 45.2 Å². The zero-order valence-corrected chi connectivity index (χ0v) is 13.8. The molecular formula is C17H26N2O3. The molecule has 2 rings (SSSR count). The van der Waals surface area contributed by atoms with Crippen LogP contribution in [0.5, 0.6) is 5.75 Å². The summed E-state index contributed by atoms with van der Waals surface area (Å²) in [5.41, 5.74) is 0.652. The van der Waals surface area contributed by atoms with Gasteiger partial charge in [0.1, 0.15) is 11.4 Å². The third kappa shape index (κ3) is 4.63. The van der Waals surface area contributed by atoms with Crippen LogP contribution in [0.2, 0.25) is 0 Å². The molecule has 1 heterocycles. The fourth-order valence-corrected chi connectivity index (χ4v) is 2.71. The van der Waals surface area contributed by atoms with Gasteiger partial charge in [-0.25, -0.2) is 4.79 Å². The summed E-state index contributed by atoms with van der Waals surface area (Å²) in [6, 6.07) is 8.26. The van der Waals surface area contributed by atoms with Gasteiger partial charge in [0.25, 0.3) is 0 Å². The number of alkyl carbamates (subject to hydrolysis) is 1. The number of ether oxygens (including phenoxy) is 2. The van der Waals surface area contributed by atoms with Gasteiger partial charge in [-0.3, -0.25) is 0 Å². The van der Waals surface area contributed by atoms with Gasteiger partial charge < -0.3 is 20.1 Å². The van der Waals surface area contributed by atoms with Crippen molar-refractivity contribution in [1.29, 1.82) is 0 Å². The van der Waals surface area contributed by atoms with Crippen molar-refractivity contribution in [2.24, 2.45) is 0 Å². The zero-order chi connectivity index (χ0) is 16.2. The molecule has 5 heteroatoms. The molecule has 0 spiro atoms. The number of hydrogen-bond acceptors (Lipinski definition) is 4. The van der Waals surface area contributed by atoms with Gasteiger partial charge in [0.05, 0.1) is 7.11 Å². The third-order valence-corrected chi connectivity index (χ3v) is 3.64. The van der Waals surface area contributed by atoms with Crippen molar-refractivity contribution in [3.63, 3.8) is 0 Å². The minimum Gasteiger partial charge on any atom is -0.496 e. The van der Waals surface area contributed by atoms with Crippen LogP contribution >= 0.6 is 0 Å². The summed E-state index contributed by atoms with van der Waals surface area (Å²) < 4.78 is 10.8. The number of para-hydroxylation sites is 1. The molecule has 1 aromatic carbocycles. The molecule has 1 saturated heterocycles. The van der Waals surface area contributed by atoms with Gasteiger partial charge in [0.15, 0.2) is 0 Å². The number of methoxy groups -OCH3 is 1. The summed E-state index contributed by atoms with van der Waals surface area (Å²) >= 11 is 0. The lowest BCUT2D eigenvalue weighted by atomic mass is 9.93. The maximum atomic E-state index is 11.9. The first-order chi connectivity index (χ1) is 10.4. The largest absolute Gasteiger partial charge is 0.496 e. The highest BCUT2D eigenvalue weighted by molar-refractivity contribution is 5.68. The first-order valence-electron chi connectivity index (χ1n) is 7.75. The molecule has 5 nitrogen and oxygen atoms in total. The fraction of sp³-hybridized carbons (Fsp3) is 0.588. The lowest BCUT2D eigenvalue weighted by Gasteiger charge is -2.32. The summed E-state index contributed by atoms with van der Waals surface area (Å²) in [5, 5.41) is 6.46. The Morgan fingerprint density at radius 2 is 2.05 bits per heavy atom. The average Bonchev–Trinajstić information content (AvgIpc) is 2.45. The number of hydrogen-bond donors (Lipinski definition) is 2. The van der Waals surface area contributed by atoms with Crippen molar-refractivity contribution in [3.8, 4) is 5.75 Å². The third-order valence-electron chi connectivity index (χ3n) is 3.64. The second-order valence-electron chi connectivity index (χ2n) is 6.62. The maximum absolute atomic E-state index is 11.9. The fourth-order valence-electron chi connectivity index (χ4n) is 2.71. The van der Waals surface area contributed by atoms with E-state index in [9.17, 15) is 4.79 Å². The number of rotatable bonds is 3. The van der Waals surface area contributed by atoms with E-state index >= 15 is 0 Å². The molecule has 0 aliphatic carbocycles. The Balaban J connectivity index is 1.98. The van der Waals surface area contributed by atoms with Crippen molar-refractivity contribution < 1.29 is 14.3 Å². The van der Waals surface area contributed by atoms with E-state index in [1.165, 1.54) is 0 Å². The molecule has 0 bridgehead atoms. The normalized spacial score (nSPS) is 22.0. The molecular weight excluding hydrogens is 280 g/mol. The second kappa shape index (κ2) is 7.01. The van der Waals surface area contributed by atoms with E-state index in [1.54, 1.807) is 7.11 Å². The molecule has 1 fully saturated rings. The van der Waals surface area contributed by atoms with E-state index in [1.807, 2.05) is 39.0 Å². The Morgan fingerprint density at radius 1 is 1.32 bits per heavy atom. The summed E-state index contributed by atoms with van der Waals surface area (Å²) in [5.74, 6) is 0.873. The molecule has 0 radical (unpaired) electrons. The van der Waals surface area contributed by atoms with Gasteiger partial charge in [0, 0.05) is 17.6 Å². The lowest BCUT2D eigenvalue weighted by Crippen LogP contribution is -2.45. The van der Waals surface area contributed by atoms with Crippen molar-refractivity contribution in [1.82, 2.24) is 10.6 Å². The van der Waals surface area contributed by atoms with E-state index in [-0.39, 0.29) is 18.2 Å². The Hall–Kier alpha value is -1.75. The summed E-state index contributed by atoms with van der Waals surface area (Å²) in [4.78, 5) is 11.9. The first kappa shape index (κ1) is 16.6. The summed E-state index contributed by atoms with van der Waals surface area (Å²) in [7, 11) is 1.68. The van der Waals surface area contributed by atoms with Crippen molar-refractivity contribution >= 4 is 6.09 Å². The van der Waals surface area contributed by atoms with Crippen LogP contribution in [-0.2, 0) is 4.74 Å². The number of piperidine rings is 1. The minimum absolute atomic E-state index is 0.103. The van der Waals surface area contributed by atoms with Crippen LogP contribution in [0.15, 0.2) is 24.3 Å². The molecule has 0 unspecified atom stereocenters. The number of amides is 1. The second-order valence-corrected chi connectivity index (χ2v) is 6.62. The predicted molar refractivity (Wildman–Crippen MR) is 86.1 cm³/mol. The van der Waals surface area contributed by atoms with Crippen LogP contribution < -0.4 is 15.4 Å². The quantitative estimate of drug-likeness (QED) is 0.901. The van der Waals surface area contributed by atoms with Gasteiger partial charge in [-0.15, -0.1) is 0 Å². The maximum Gasteiger partial charge on any atom is 0.407 e. The van der Waals surface area contributed by atoms with Crippen molar-refractivity contribution in [2.75, 3.05) is 13.7 Å². The standard InChI is InChI=1S/C17H26N2O3/c1-17(2,3)22-16(20)19-12-9-10-18-14(11-12)13-7-5-6-8-15(13)21-4/h5-8,12,14,18H,9-11H2,1-4H3,(H,19,20)/t12-,14+/m0/s1. The minimum atomic E-state index is -0.473. The highest BCUT2D eigenvalue weighted by Gasteiger charge is 2.27. The molecule has 1 aliphatic heterocycles.